The van der Waals surface area contributed by atoms with Crippen molar-refractivity contribution in [3.8, 4) is 0 Å². The minimum absolute atomic E-state index is 0.792. The summed E-state index contributed by atoms with van der Waals surface area (Å²) < 4.78 is 1.11. The first-order valence-electron chi connectivity index (χ1n) is 6.24. The van der Waals surface area contributed by atoms with Crippen molar-refractivity contribution in [2.45, 2.75) is 13.1 Å². The molecular formula is C15H18BrN3. The van der Waals surface area contributed by atoms with Crippen LogP contribution in [-0.4, -0.2) is 19.1 Å². The normalized spacial score (nSPS) is 10.5. The van der Waals surface area contributed by atoms with Crippen LogP contribution in [0, 0.1) is 0 Å². The Morgan fingerprint density at radius 3 is 2.63 bits per heavy atom. The Labute approximate surface area is 122 Å². The molecule has 1 N–H and O–H groups in total. The molecule has 1 aromatic heterocycles. The fourth-order valence-corrected chi connectivity index (χ4v) is 2.20. The number of benzene rings is 1. The van der Waals surface area contributed by atoms with E-state index in [1.807, 2.05) is 19.3 Å². The van der Waals surface area contributed by atoms with Gasteiger partial charge in [0.05, 0.1) is 5.69 Å². The van der Waals surface area contributed by atoms with E-state index in [2.05, 4.69) is 68.5 Å². The van der Waals surface area contributed by atoms with E-state index < -0.39 is 0 Å². The van der Waals surface area contributed by atoms with Crippen LogP contribution in [0.5, 0.6) is 0 Å². The summed E-state index contributed by atoms with van der Waals surface area (Å²) in [5.74, 6) is 0. The largest absolute Gasteiger partial charge is 0.370 e. The molecule has 100 valence electrons. The minimum Gasteiger partial charge on any atom is -0.370 e. The van der Waals surface area contributed by atoms with Gasteiger partial charge in [-0.3, -0.25) is 4.98 Å². The molecule has 0 aliphatic rings. The van der Waals surface area contributed by atoms with Crippen molar-refractivity contribution in [1.29, 1.82) is 0 Å². The van der Waals surface area contributed by atoms with E-state index in [0.29, 0.717) is 0 Å². The number of pyridine rings is 1. The number of nitrogens with one attached hydrogen (secondary N) is 1. The highest BCUT2D eigenvalue weighted by atomic mass is 79.9. The highest BCUT2D eigenvalue weighted by Gasteiger charge is 2.03. The van der Waals surface area contributed by atoms with Crippen LogP contribution in [0.4, 0.5) is 5.69 Å². The predicted molar refractivity (Wildman–Crippen MR) is 83.2 cm³/mol. The SMILES string of the molecule is CNCc1cc(N(C)Cc2ccc(Br)cc2)ccn1. The topological polar surface area (TPSA) is 28.2 Å². The highest BCUT2D eigenvalue weighted by Crippen LogP contribution is 2.17. The van der Waals surface area contributed by atoms with E-state index in [-0.39, 0.29) is 0 Å². The molecule has 4 heteroatoms. The zero-order valence-corrected chi connectivity index (χ0v) is 12.8. The van der Waals surface area contributed by atoms with E-state index in [0.717, 1.165) is 23.3 Å². The zero-order chi connectivity index (χ0) is 13.7. The Bertz CT molecular complexity index is 525. The first kappa shape index (κ1) is 14.0. The van der Waals surface area contributed by atoms with Crippen LogP contribution in [0.2, 0.25) is 0 Å². The maximum absolute atomic E-state index is 4.33. The number of aromatic nitrogens is 1. The van der Waals surface area contributed by atoms with Crippen molar-refractivity contribution < 1.29 is 0 Å². The van der Waals surface area contributed by atoms with Crippen LogP contribution in [-0.2, 0) is 13.1 Å². The molecule has 0 saturated heterocycles. The summed E-state index contributed by atoms with van der Waals surface area (Å²) in [4.78, 5) is 6.56. The minimum atomic E-state index is 0.792. The third-order valence-corrected chi connectivity index (χ3v) is 3.46. The van der Waals surface area contributed by atoms with Crippen LogP contribution >= 0.6 is 15.9 Å². The quantitative estimate of drug-likeness (QED) is 0.917. The van der Waals surface area contributed by atoms with Crippen LogP contribution in [0.25, 0.3) is 0 Å². The Kier molecular flexibility index (Phi) is 4.93. The molecule has 0 atom stereocenters. The zero-order valence-electron chi connectivity index (χ0n) is 11.2. The molecule has 3 nitrogen and oxygen atoms in total. The molecular weight excluding hydrogens is 302 g/mol. The van der Waals surface area contributed by atoms with Gasteiger partial charge in [0.2, 0.25) is 0 Å². The lowest BCUT2D eigenvalue weighted by atomic mass is 10.2. The van der Waals surface area contributed by atoms with Gasteiger partial charge >= 0.3 is 0 Å². The molecule has 0 saturated carbocycles. The van der Waals surface area contributed by atoms with E-state index >= 15 is 0 Å². The van der Waals surface area contributed by atoms with Gasteiger partial charge in [0, 0.05) is 36.5 Å². The van der Waals surface area contributed by atoms with Gasteiger partial charge in [0.1, 0.15) is 0 Å². The monoisotopic (exact) mass is 319 g/mol. The average molecular weight is 320 g/mol. The van der Waals surface area contributed by atoms with E-state index in [4.69, 9.17) is 0 Å². The lowest BCUT2D eigenvalue weighted by molar-refractivity contribution is 0.788. The lowest BCUT2D eigenvalue weighted by Crippen LogP contribution is -2.17. The third kappa shape index (κ3) is 4.04. The molecule has 0 amide bonds. The number of anilines is 1. The second kappa shape index (κ2) is 6.68. The Hall–Kier alpha value is -1.39. The van der Waals surface area contributed by atoms with Gasteiger partial charge in [0.25, 0.3) is 0 Å². The van der Waals surface area contributed by atoms with Gasteiger partial charge < -0.3 is 10.2 Å². The van der Waals surface area contributed by atoms with Crippen molar-refractivity contribution in [1.82, 2.24) is 10.3 Å². The lowest BCUT2D eigenvalue weighted by Gasteiger charge is -2.20. The third-order valence-electron chi connectivity index (χ3n) is 2.93. The van der Waals surface area contributed by atoms with E-state index in [9.17, 15) is 0 Å². The molecule has 0 radical (unpaired) electrons. The summed E-state index contributed by atoms with van der Waals surface area (Å²) in [5, 5.41) is 3.12. The van der Waals surface area contributed by atoms with Crippen molar-refractivity contribution in [3.63, 3.8) is 0 Å². The van der Waals surface area contributed by atoms with Gasteiger partial charge in [-0.05, 0) is 36.9 Å². The maximum atomic E-state index is 4.33. The number of hydrogen-bond acceptors (Lipinski definition) is 3. The molecule has 0 aliphatic carbocycles. The summed E-state index contributed by atoms with van der Waals surface area (Å²) in [5.41, 5.74) is 3.53. The fourth-order valence-electron chi connectivity index (χ4n) is 1.94. The molecule has 1 heterocycles. The summed E-state index contributed by atoms with van der Waals surface area (Å²) in [6, 6.07) is 12.6. The van der Waals surface area contributed by atoms with Crippen molar-refractivity contribution in [2.24, 2.45) is 0 Å². The maximum Gasteiger partial charge on any atom is 0.0562 e. The highest BCUT2D eigenvalue weighted by molar-refractivity contribution is 9.10. The van der Waals surface area contributed by atoms with Crippen LogP contribution in [0.15, 0.2) is 47.1 Å². The van der Waals surface area contributed by atoms with E-state index in [1.54, 1.807) is 0 Å². The molecule has 0 bridgehead atoms. The first-order chi connectivity index (χ1) is 9.19. The summed E-state index contributed by atoms with van der Waals surface area (Å²) in [6.45, 7) is 1.68. The molecule has 2 aromatic rings. The van der Waals surface area contributed by atoms with Crippen LogP contribution in [0.1, 0.15) is 11.3 Å². The van der Waals surface area contributed by atoms with Crippen LogP contribution < -0.4 is 10.2 Å². The number of nitrogens with zero attached hydrogens (tertiary/aromatic N) is 2. The molecule has 2 rings (SSSR count). The molecule has 0 unspecified atom stereocenters. The van der Waals surface area contributed by atoms with Gasteiger partial charge in [-0.15, -0.1) is 0 Å². The molecule has 0 aliphatic heterocycles. The number of hydrogen-bond donors (Lipinski definition) is 1. The van der Waals surface area contributed by atoms with E-state index in [1.165, 1.54) is 11.3 Å². The molecule has 19 heavy (non-hydrogen) atoms. The Balaban J connectivity index is 2.08. The molecule has 1 aromatic carbocycles. The smallest absolute Gasteiger partial charge is 0.0562 e. The van der Waals surface area contributed by atoms with Gasteiger partial charge in [-0.25, -0.2) is 0 Å². The Morgan fingerprint density at radius 2 is 1.95 bits per heavy atom. The fraction of sp³-hybridized carbons (Fsp3) is 0.267. The number of rotatable bonds is 5. The molecule has 0 fully saturated rings. The van der Waals surface area contributed by atoms with Gasteiger partial charge in [-0.2, -0.15) is 0 Å². The second-order valence-corrected chi connectivity index (χ2v) is 5.43. The standard InChI is InChI=1S/C15H18BrN3/c1-17-10-14-9-15(7-8-18-14)19(2)11-12-3-5-13(16)6-4-12/h3-9,17H,10-11H2,1-2H3. The predicted octanol–water partition coefficient (Wildman–Crippen LogP) is 3.20. The van der Waals surface area contributed by atoms with Crippen molar-refractivity contribution in [3.05, 3.63) is 58.3 Å². The van der Waals surface area contributed by atoms with Crippen molar-refractivity contribution in [2.75, 3.05) is 19.0 Å². The second-order valence-electron chi connectivity index (χ2n) is 4.52. The van der Waals surface area contributed by atoms with Gasteiger partial charge in [-0.1, -0.05) is 28.1 Å². The summed E-state index contributed by atoms with van der Waals surface area (Å²) in [6.07, 6.45) is 1.86. The van der Waals surface area contributed by atoms with Crippen molar-refractivity contribution >= 4 is 21.6 Å². The average Bonchev–Trinajstić information content (AvgIpc) is 2.42. The first-order valence-corrected chi connectivity index (χ1v) is 7.03. The van der Waals surface area contributed by atoms with Crippen LogP contribution in [0.3, 0.4) is 0 Å². The molecule has 0 spiro atoms. The number of halogens is 1. The Morgan fingerprint density at radius 1 is 1.21 bits per heavy atom. The summed E-state index contributed by atoms with van der Waals surface area (Å²) >= 11 is 3.45. The van der Waals surface area contributed by atoms with Gasteiger partial charge in [0.15, 0.2) is 0 Å². The summed E-state index contributed by atoms with van der Waals surface area (Å²) in [7, 11) is 4.03.